The first-order valence-electron chi connectivity index (χ1n) is 31.1. The Labute approximate surface area is 518 Å². The van der Waals surface area contributed by atoms with Gasteiger partial charge in [-0.3, -0.25) is 48.4 Å². The van der Waals surface area contributed by atoms with Crippen molar-refractivity contribution in [2.24, 2.45) is 34.5 Å². The molecule has 0 unspecified atom stereocenters. The molecule has 4 aromatic rings. The number of fused-ring (bicyclic) bond motifs is 8. The highest BCUT2D eigenvalue weighted by Crippen LogP contribution is 2.32. The second-order valence-electron chi connectivity index (χ2n) is 26.6. The fourth-order valence-electron chi connectivity index (χ4n) is 10.9. The molecule has 476 valence electrons. The number of cyclic esters (lactones) is 2. The SMILES string of the molecule is CC(C)[C@@H]1CC(=O)[C@@](C)(CO)/C=C/c2ccc3ccc(nc3c2)[C@@H](C)OC(=O)[C@@H]2CCCN(N2)C(=O)[C@H](C)NC1=O.CC(C)[C@@H]1CC(=O)[C@@](C)(COCC[Si](C)(C)C)/C=C/c2ccc3ccc(nc3c2)[C@@H](C)OC(=O)[C@@H]2CCCN(N2)C(=O)[C@H](C)NC1=O. The molecular formula is C67H92N8O12Si. The Hall–Kier alpha value is -7.04. The van der Waals surface area contributed by atoms with Crippen LogP contribution >= 0.6 is 0 Å². The molecular weight excluding hydrogens is 1140 g/mol. The van der Waals surface area contributed by atoms with Crippen molar-refractivity contribution in [3.8, 4) is 0 Å². The summed E-state index contributed by atoms with van der Waals surface area (Å²) in [5.41, 5.74) is 8.01. The summed E-state index contributed by atoms with van der Waals surface area (Å²) in [5, 5.41) is 20.4. The molecule has 88 heavy (non-hydrogen) atoms. The highest BCUT2D eigenvalue weighted by atomic mass is 28.3. The van der Waals surface area contributed by atoms with Gasteiger partial charge in [0.1, 0.15) is 47.9 Å². The standard InChI is InChI=1S/C36H52N4O6Si.C31H40N4O6/c1-23(2)28-21-32(41)36(5,22-45-18-19-47(6,7)8)16-15-26-11-12-27-13-14-29(38-31(27)20-26)25(4)46-35(44)30-10-9-17-40(39-30)34(43)24(3)37-33(28)42;1-18(2)23-16-27(37)31(5,17-36)13-12-21-8-9-22-10-11-24(33-26(22)15-21)20(4)41-30(40)25-7-6-14-35(34-25)29(39)19(3)32-28(23)38/h11-16,20,23-25,28,30,39H,9-10,17-19,21-22H2,1-8H3,(H,37,42);8-13,15,18-20,23,25,34,36H,6-7,14,16-17H2,1-5H3,(H,32,38)/b16-15+;13-12+/t24-,25+,28-,30-,36+;19-,20+,23-,25-,31+/m00/s1. The number of carbonyl (C=O) groups excluding carboxylic acids is 8. The van der Waals surface area contributed by atoms with E-state index >= 15 is 0 Å². The predicted octanol–water partition coefficient (Wildman–Crippen LogP) is 8.55. The molecule has 0 aliphatic carbocycles. The maximum absolute atomic E-state index is 14.1. The van der Waals surface area contributed by atoms with Crippen molar-refractivity contribution in [3.05, 3.63) is 95.3 Å². The highest BCUT2D eigenvalue weighted by Gasteiger charge is 2.40. The maximum Gasteiger partial charge on any atom is 0.325 e. The van der Waals surface area contributed by atoms with Gasteiger partial charge in [0, 0.05) is 63.2 Å². The van der Waals surface area contributed by atoms with Crippen LogP contribution in [0.15, 0.2) is 72.8 Å². The number of ketones is 2. The van der Waals surface area contributed by atoms with E-state index in [0.717, 1.165) is 33.5 Å². The molecule has 21 heteroatoms. The van der Waals surface area contributed by atoms with Gasteiger partial charge in [0.2, 0.25) is 11.8 Å². The van der Waals surface area contributed by atoms with Crippen molar-refractivity contribution in [1.29, 1.82) is 0 Å². The second-order valence-corrected chi connectivity index (χ2v) is 32.2. The average Bonchev–Trinajstić information content (AvgIpc) is 3.66. The Bertz CT molecular complexity index is 3290. The molecule has 0 saturated carbocycles. The number of ether oxygens (including phenoxy) is 3. The van der Waals surface area contributed by atoms with Crippen LogP contribution in [0.1, 0.15) is 142 Å². The summed E-state index contributed by atoms with van der Waals surface area (Å²) in [6, 6.07) is 16.9. The predicted molar refractivity (Wildman–Crippen MR) is 340 cm³/mol. The molecule has 4 amide bonds. The number of aromatic nitrogens is 2. The van der Waals surface area contributed by atoms with Gasteiger partial charge in [-0.05, 0) is 120 Å². The van der Waals surface area contributed by atoms with Gasteiger partial charge in [0.05, 0.1) is 46.5 Å². The molecule has 2 fully saturated rings. The molecule has 0 spiro atoms. The lowest BCUT2D eigenvalue weighted by Crippen LogP contribution is -2.59. The molecule has 20 nitrogen and oxygen atoms in total. The van der Waals surface area contributed by atoms with Gasteiger partial charge in [-0.1, -0.05) is 108 Å². The van der Waals surface area contributed by atoms with Gasteiger partial charge in [-0.2, -0.15) is 0 Å². The van der Waals surface area contributed by atoms with E-state index in [1.165, 1.54) is 10.0 Å². The van der Waals surface area contributed by atoms with Crippen molar-refractivity contribution in [3.63, 3.8) is 0 Å². The number of hydrazine groups is 2. The number of aliphatic hydroxyl groups excluding tert-OH is 1. The molecule has 10 atom stereocenters. The van der Waals surface area contributed by atoms with Gasteiger partial charge in [-0.15, -0.1) is 0 Å². The van der Waals surface area contributed by atoms with E-state index in [1.54, 1.807) is 46.8 Å². The third kappa shape index (κ3) is 17.6. The van der Waals surface area contributed by atoms with Crippen LogP contribution in [0.25, 0.3) is 34.0 Å². The van der Waals surface area contributed by atoms with Crippen LogP contribution in [-0.4, -0.2) is 137 Å². The molecule has 2 saturated heterocycles. The van der Waals surface area contributed by atoms with Crippen molar-refractivity contribution in [1.82, 2.24) is 41.5 Å². The normalized spacial score (nSPS) is 28.4. The van der Waals surface area contributed by atoms with Crippen molar-refractivity contribution >= 4 is 89.2 Å². The molecule has 10 bridgehead atoms. The zero-order chi connectivity index (χ0) is 64.4. The average molecular weight is 1230 g/mol. The van der Waals surface area contributed by atoms with Gasteiger partial charge in [0.25, 0.3) is 11.8 Å². The Morgan fingerprint density at radius 1 is 0.625 bits per heavy atom. The minimum Gasteiger partial charge on any atom is -0.455 e. The number of carbonyl (C=O) groups is 8. The maximum atomic E-state index is 14.1. The lowest BCUT2D eigenvalue weighted by Gasteiger charge is -2.35. The molecule has 5 N–H and O–H groups in total. The minimum absolute atomic E-state index is 0.000958. The Balaban J connectivity index is 0.000000253. The number of esters is 2. The number of hydrogen-bond donors (Lipinski definition) is 5. The van der Waals surface area contributed by atoms with Crippen LogP contribution < -0.4 is 21.5 Å². The fraction of sp³-hybridized carbons (Fsp3) is 0.552. The van der Waals surface area contributed by atoms with Crippen LogP contribution in [0.5, 0.6) is 0 Å². The summed E-state index contributed by atoms with van der Waals surface area (Å²) in [6.07, 6.45) is 8.05. The summed E-state index contributed by atoms with van der Waals surface area (Å²) in [4.78, 5) is 117. The summed E-state index contributed by atoms with van der Waals surface area (Å²) in [6.45, 7) is 25.7. The molecule has 4 aliphatic rings. The summed E-state index contributed by atoms with van der Waals surface area (Å²) >= 11 is 0. The van der Waals surface area contributed by atoms with Crippen molar-refractivity contribution < 1.29 is 57.7 Å². The molecule has 2 aromatic carbocycles. The molecule has 8 rings (SSSR count). The number of nitrogens with zero attached hydrogens (tertiary/aromatic N) is 4. The van der Waals surface area contributed by atoms with Crippen LogP contribution in [0.4, 0.5) is 0 Å². The summed E-state index contributed by atoms with van der Waals surface area (Å²) in [5.74, 6) is -4.56. The lowest BCUT2D eigenvalue weighted by atomic mass is 9.78. The molecule has 2 aromatic heterocycles. The Morgan fingerprint density at radius 2 is 1.03 bits per heavy atom. The van der Waals surface area contributed by atoms with Crippen LogP contribution in [0.2, 0.25) is 25.7 Å². The van der Waals surface area contributed by atoms with Gasteiger partial charge in [-0.25, -0.2) is 20.8 Å². The van der Waals surface area contributed by atoms with Gasteiger partial charge < -0.3 is 30.0 Å². The number of benzene rings is 2. The van der Waals surface area contributed by atoms with Crippen molar-refractivity contribution in [2.75, 3.05) is 32.9 Å². The lowest BCUT2D eigenvalue weighted by molar-refractivity contribution is -0.158. The van der Waals surface area contributed by atoms with Gasteiger partial charge in [0.15, 0.2) is 0 Å². The topological polar surface area (TPSA) is 265 Å². The third-order valence-electron chi connectivity index (χ3n) is 17.2. The number of nitrogens with one attached hydrogen (secondary N) is 4. The first kappa shape index (κ1) is 68.4. The number of aliphatic hydroxyl groups is 1. The van der Waals surface area contributed by atoms with E-state index in [9.17, 15) is 43.5 Å². The Morgan fingerprint density at radius 3 is 1.44 bits per heavy atom. The highest BCUT2D eigenvalue weighted by molar-refractivity contribution is 6.76. The second kappa shape index (κ2) is 29.5. The van der Waals surface area contributed by atoms with Crippen molar-refractivity contribution in [2.45, 2.75) is 170 Å². The van der Waals surface area contributed by atoms with E-state index in [1.807, 2.05) is 107 Å². The number of rotatable bonds is 8. The first-order valence-corrected chi connectivity index (χ1v) is 34.8. The van der Waals surface area contributed by atoms with Crippen LogP contribution in [-0.2, 0) is 52.6 Å². The van der Waals surface area contributed by atoms with E-state index in [0.29, 0.717) is 62.3 Å². The molecule has 4 aliphatic heterocycles. The number of pyridine rings is 2. The van der Waals surface area contributed by atoms with Crippen LogP contribution in [0, 0.1) is 34.5 Å². The minimum atomic E-state index is -1.34. The largest absolute Gasteiger partial charge is 0.455 e. The quantitative estimate of drug-likeness (QED) is 0.0628. The number of hydrogen-bond acceptors (Lipinski definition) is 16. The summed E-state index contributed by atoms with van der Waals surface area (Å²) < 4.78 is 17.7. The van der Waals surface area contributed by atoms with E-state index in [-0.39, 0.29) is 54.7 Å². The first-order chi connectivity index (χ1) is 41.5. The van der Waals surface area contributed by atoms with E-state index in [2.05, 4.69) is 41.1 Å². The van der Waals surface area contributed by atoms with Crippen LogP contribution in [0.3, 0.4) is 0 Å². The zero-order valence-electron chi connectivity index (χ0n) is 53.6. The number of Topliss-reactive ketones (excluding diaryl/α,β-unsaturated/α-hetero) is 2. The zero-order valence-corrected chi connectivity index (χ0v) is 54.6. The molecule has 6 heterocycles. The summed E-state index contributed by atoms with van der Waals surface area (Å²) in [7, 11) is -1.34. The monoisotopic (exact) mass is 1230 g/mol. The van der Waals surface area contributed by atoms with Gasteiger partial charge >= 0.3 is 11.9 Å². The molecule has 0 radical (unpaired) electrons. The van der Waals surface area contributed by atoms with E-state index < -0.39 is 97.5 Å². The van der Waals surface area contributed by atoms with E-state index in [4.69, 9.17) is 24.2 Å². The fourth-order valence-corrected chi connectivity index (χ4v) is 11.6. The Kier molecular flexibility index (Phi) is 23.0. The smallest absolute Gasteiger partial charge is 0.325 e. The number of amides is 4. The third-order valence-corrected chi connectivity index (χ3v) is 18.9.